The molecule has 49 heavy (non-hydrogen) atoms. The third kappa shape index (κ3) is 3.90. The number of hydrogen-bond acceptors (Lipinski definition) is 2. The second kappa shape index (κ2) is 10.1. The van der Waals surface area contributed by atoms with Gasteiger partial charge < -0.3 is 9.80 Å². The molecule has 0 radical (unpaired) electrons. The van der Waals surface area contributed by atoms with Crippen LogP contribution in [0.3, 0.4) is 0 Å². The molecule has 2 aliphatic heterocycles. The third-order valence-electron chi connectivity index (χ3n) is 10.7. The number of para-hydroxylation sites is 2. The molecule has 0 atom stereocenters. The molecule has 226 valence electrons. The van der Waals surface area contributed by atoms with E-state index < -0.39 is 0 Å². The van der Waals surface area contributed by atoms with Gasteiger partial charge in [0.25, 0.3) is 6.71 Å². The van der Waals surface area contributed by atoms with E-state index in [1.54, 1.807) is 0 Å². The molecule has 0 spiro atoms. The molecule has 2 heterocycles. The van der Waals surface area contributed by atoms with Crippen molar-refractivity contribution in [2.24, 2.45) is 0 Å². The van der Waals surface area contributed by atoms with Gasteiger partial charge in [-0.3, -0.25) is 0 Å². The van der Waals surface area contributed by atoms with Crippen molar-refractivity contribution in [3.05, 3.63) is 176 Å². The lowest BCUT2D eigenvalue weighted by atomic mass is 9.33. The van der Waals surface area contributed by atoms with Crippen molar-refractivity contribution >= 4 is 100 Å². The molecule has 11 rings (SSSR count). The molecule has 2 aliphatic rings. The standard InChI is InChI=1S/C46H29BN2/c1-3-12-32-26-36-28-38(22-20-34(36)24-30(32)10-1)48-42-16-7-5-14-40(42)47-41-15-6-8-17-43(41)49(45-19-9-18-44(48)46(45)47)39-23-21-35-25-31-11-2-4-13-33(31)27-37(35)29-39/h1-29H. The SMILES string of the molecule is c1ccc2c(c1)B1c3ccccc3N(c3ccc4cc5ccccc5cc4c3)c3cccc(c31)N2c1ccc2cc3ccccc3cc2c1. The monoisotopic (exact) mass is 620 g/mol. The van der Waals surface area contributed by atoms with Gasteiger partial charge in [-0.2, -0.15) is 0 Å². The fourth-order valence-electron chi connectivity index (χ4n) is 8.52. The van der Waals surface area contributed by atoms with E-state index in [0.29, 0.717) is 0 Å². The van der Waals surface area contributed by atoms with Gasteiger partial charge in [0, 0.05) is 34.1 Å². The average molecular weight is 621 g/mol. The number of hydrogen-bond donors (Lipinski definition) is 0. The lowest BCUT2D eigenvalue weighted by Crippen LogP contribution is -2.61. The lowest BCUT2D eigenvalue weighted by Gasteiger charge is -2.44. The van der Waals surface area contributed by atoms with E-state index in [1.165, 1.54) is 93.6 Å². The van der Waals surface area contributed by atoms with Gasteiger partial charge in [0.15, 0.2) is 0 Å². The summed E-state index contributed by atoms with van der Waals surface area (Å²) in [5.41, 5.74) is 11.3. The second-order valence-electron chi connectivity index (χ2n) is 13.4. The van der Waals surface area contributed by atoms with Crippen LogP contribution in [0.25, 0.3) is 43.1 Å². The highest BCUT2D eigenvalue weighted by atomic mass is 15.2. The van der Waals surface area contributed by atoms with E-state index in [4.69, 9.17) is 0 Å². The van der Waals surface area contributed by atoms with Crippen molar-refractivity contribution in [1.82, 2.24) is 0 Å². The van der Waals surface area contributed by atoms with E-state index in [9.17, 15) is 0 Å². The Bertz CT molecular complexity index is 2630. The molecule has 9 aromatic carbocycles. The number of fused-ring (bicyclic) bond motifs is 8. The van der Waals surface area contributed by atoms with Crippen LogP contribution in [0.1, 0.15) is 0 Å². The molecule has 0 aliphatic carbocycles. The van der Waals surface area contributed by atoms with Crippen LogP contribution in [-0.2, 0) is 0 Å². The zero-order valence-corrected chi connectivity index (χ0v) is 26.7. The minimum absolute atomic E-state index is 0.125. The van der Waals surface area contributed by atoms with Crippen LogP contribution in [0, 0.1) is 0 Å². The van der Waals surface area contributed by atoms with Gasteiger partial charge in [-0.05, 0) is 132 Å². The first kappa shape index (κ1) is 26.7. The zero-order chi connectivity index (χ0) is 32.1. The van der Waals surface area contributed by atoms with E-state index in [1.807, 2.05) is 0 Å². The molecule has 0 saturated heterocycles. The van der Waals surface area contributed by atoms with Crippen LogP contribution in [-0.4, -0.2) is 6.71 Å². The van der Waals surface area contributed by atoms with E-state index in [2.05, 4.69) is 186 Å². The summed E-state index contributed by atoms with van der Waals surface area (Å²) in [5, 5.41) is 10.1. The van der Waals surface area contributed by atoms with Gasteiger partial charge in [0.05, 0.1) is 0 Å². The Morgan fingerprint density at radius 1 is 0.286 bits per heavy atom. The second-order valence-corrected chi connectivity index (χ2v) is 13.4. The molecule has 0 amide bonds. The van der Waals surface area contributed by atoms with Crippen molar-refractivity contribution in [1.29, 1.82) is 0 Å². The third-order valence-corrected chi connectivity index (χ3v) is 10.7. The average Bonchev–Trinajstić information content (AvgIpc) is 3.15. The van der Waals surface area contributed by atoms with Gasteiger partial charge >= 0.3 is 0 Å². The van der Waals surface area contributed by atoms with Crippen LogP contribution >= 0.6 is 0 Å². The molecular weight excluding hydrogens is 591 g/mol. The molecule has 9 aromatic rings. The highest BCUT2D eigenvalue weighted by Gasteiger charge is 2.42. The molecule has 0 aromatic heterocycles. The van der Waals surface area contributed by atoms with Crippen LogP contribution in [0.5, 0.6) is 0 Å². The smallest absolute Gasteiger partial charge is 0.252 e. The molecular formula is C46H29BN2. The molecule has 0 unspecified atom stereocenters. The number of anilines is 6. The predicted molar refractivity (Wildman–Crippen MR) is 210 cm³/mol. The first-order valence-electron chi connectivity index (χ1n) is 17.0. The van der Waals surface area contributed by atoms with Crippen molar-refractivity contribution in [2.45, 2.75) is 0 Å². The summed E-state index contributed by atoms with van der Waals surface area (Å²) in [7, 11) is 0. The summed E-state index contributed by atoms with van der Waals surface area (Å²) in [6.45, 7) is 0.125. The topological polar surface area (TPSA) is 6.48 Å². The molecule has 2 nitrogen and oxygen atoms in total. The maximum absolute atomic E-state index is 2.48. The van der Waals surface area contributed by atoms with Crippen molar-refractivity contribution in [3.8, 4) is 0 Å². The van der Waals surface area contributed by atoms with Gasteiger partial charge in [-0.15, -0.1) is 0 Å². The Hall–Kier alpha value is -6.32. The van der Waals surface area contributed by atoms with Gasteiger partial charge in [-0.1, -0.05) is 103 Å². The van der Waals surface area contributed by atoms with Gasteiger partial charge in [0.1, 0.15) is 0 Å². The molecule has 3 heteroatoms. The fourth-order valence-corrected chi connectivity index (χ4v) is 8.52. The predicted octanol–water partition coefficient (Wildman–Crippen LogP) is 10.4. The summed E-state index contributed by atoms with van der Waals surface area (Å²) in [6, 6.07) is 65.2. The molecule has 0 saturated carbocycles. The van der Waals surface area contributed by atoms with Crippen LogP contribution < -0.4 is 26.2 Å². The molecule has 0 fully saturated rings. The summed E-state index contributed by atoms with van der Waals surface area (Å²) in [5.74, 6) is 0. The highest BCUT2D eigenvalue weighted by Crippen LogP contribution is 2.44. The van der Waals surface area contributed by atoms with Crippen LogP contribution in [0.4, 0.5) is 34.1 Å². The van der Waals surface area contributed by atoms with E-state index in [-0.39, 0.29) is 6.71 Å². The summed E-state index contributed by atoms with van der Waals surface area (Å²) >= 11 is 0. The van der Waals surface area contributed by atoms with Crippen LogP contribution in [0.2, 0.25) is 0 Å². The maximum Gasteiger partial charge on any atom is 0.252 e. The Kier molecular flexibility index (Phi) is 5.50. The van der Waals surface area contributed by atoms with Gasteiger partial charge in [-0.25, -0.2) is 0 Å². The first-order valence-corrected chi connectivity index (χ1v) is 17.0. The van der Waals surface area contributed by atoms with Crippen molar-refractivity contribution in [3.63, 3.8) is 0 Å². The zero-order valence-electron chi connectivity index (χ0n) is 26.7. The largest absolute Gasteiger partial charge is 0.311 e. The summed E-state index contributed by atoms with van der Waals surface area (Å²) in [6.07, 6.45) is 0. The Labute approximate surface area is 285 Å². The highest BCUT2D eigenvalue weighted by molar-refractivity contribution is 7.00. The quantitative estimate of drug-likeness (QED) is 0.140. The fraction of sp³-hybridized carbons (Fsp3) is 0. The maximum atomic E-state index is 2.48. The minimum atomic E-state index is 0.125. The molecule has 0 bridgehead atoms. The van der Waals surface area contributed by atoms with Crippen molar-refractivity contribution < 1.29 is 0 Å². The van der Waals surface area contributed by atoms with Gasteiger partial charge in [0.2, 0.25) is 0 Å². The normalized spacial score (nSPS) is 13.2. The summed E-state index contributed by atoms with van der Waals surface area (Å²) in [4.78, 5) is 4.97. The number of benzene rings is 9. The Morgan fingerprint density at radius 3 is 1.12 bits per heavy atom. The first-order chi connectivity index (χ1) is 24.3. The van der Waals surface area contributed by atoms with Crippen LogP contribution in [0.15, 0.2) is 176 Å². The van der Waals surface area contributed by atoms with E-state index in [0.717, 1.165) is 0 Å². The lowest BCUT2D eigenvalue weighted by molar-refractivity contribution is 1.26. The molecule has 0 N–H and O–H groups in total. The van der Waals surface area contributed by atoms with Crippen molar-refractivity contribution in [2.75, 3.05) is 9.80 Å². The minimum Gasteiger partial charge on any atom is -0.311 e. The summed E-state index contributed by atoms with van der Waals surface area (Å²) < 4.78 is 0. The van der Waals surface area contributed by atoms with E-state index >= 15 is 0 Å². The number of rotatable bonds is 2. The number of nitrogens with zero attached hydrogens (tertiary/aromatic N) is 2. The Morgan fingerprint density at radius 2 is 0.653 bits per heavy atom. The Balaban J connectivity index is 1.15.